The van der Waals surface area contributed by atoms with Crippen molar-refractivity contribution in [2.24, 2.45) is 0 Å². The number of halogens is 2. The van der Waals surface area contributed by atoms with E-state index in [9.17, 15) is 13.0 Å². The lowest BCUT2D eigenvalue weighted by atomic mass is 10.3. The molecule has 12 heavy (non-hydrogen) atoms. The van der Waals surface area contributed by atoms with E-state index in [4.69, 9.17) is 0 Å². The van der Waals surface area contributed by atoms with Gasteiger partial charge in [0.1, 0.15) is 12.7 Å². The van der Waals surface area contributed by atoms with E-state index in [2.05, 4.69) is 9.47 Å². The molecule has 6 heteroatoms. The van der Waals surface area contributed by atoms with E-state index < -0.39 is 21.0 Å². The van der Waals surface area contributed by atoms with Gasteiger partial charge in [0.2, 0.25) is 0 Å². The van der Waals surface area contributed by atoms with E-state index in [1.54, 1.807) is 0 Å². The van der Waals surface area contributed by atoms with Gasteiger partial charge < -0.3 is 9.47 Å². The zero-order valence-electron chi connectivity index (χ0n) is 6.68. The largest absolute Gasteiger partial charge is 0.508 e. The van der Waals surface area contributed by atoms with Crippen molar-refractivity contribution >= 4 is 14.9 Å². The summed E-state index contributed by atoms with van der Waals surface area (Å²) < 4.78 is 33.9. The Morgan fingerprint density at radius 3 is 2.75 bits per heavy atom. The van der Waals surface area contributed by atoms with Crippen LogP contribution in [0.5, 0.6) is 0 Å². The lowest BCUT2D eigenvalue weighted by Crippen LogP contribution is -2.20. The average Bonchev–Trinajstić information content (AvgIpc) is 2.30. The van der Waals surface area contributed by atoms with Gasteiger partial charge >= 0.3 is 14.9 Å². The molecule has 0 radical (unpaired) electrons. The Morgan fingerprint density at radius 2 is 2.33 bits per heavy atom. The van der Waals surface area contributed by atoms with Crippen molar-refractivity contribution < 1.29 is 22.5 Å². The maximum atomic E-state index is 12.4. The molecular weight excluding hydrogens is 186 g/mol. The van der Waals surface area contributed by atoms with E-state index in [1.807, 2.05) is 0 Å². The number of carbonyl (C=O) groups excluding carboxylic acids is 1. The van der Waals surface area contributed by atoms with Crippen LogP contribution in [0.15, 0.2) is 0 Å². The fourth-order valence-corrected chi connectivity index (χ4v) is 1.75. The average molecular weight is 196 g/mol. The van der Waals surface area contributed by atoms with E-state index >= 15 is 0 Å². The Hall–Kier alpha value is -0.653. The molecule has 0 aliphatic carbocycles. The van der Waals surface area contributed by atoms with E-state index in [1.165, 1.54) is 0 Å². The van der Waals surface area contributed by atoms with Gasteiger partial charge in [-0.05, 0) is 13.0 Å². The van der Waals surface area contributed by atoms with Crippen molar-refractivity contribution in [3.8, 4) is 0 Å². The molecule has 0 aromatic heterocycles. The Balaban J connectivity index is 2.20. The van der Waals surface area contributed by atoms with Crippen LogP contribution in [0.2, 0.25) is 12.6 Å². The number of hydrogen-bond donors (Lipinski definition) is 0. The third-order valence-electron chi connectivity index (χ3n) is 1.56. The van der Waals surface area contributed by atoms with Crippen molar-refractivity contribution in [2.75, 3.05) is 6.61 Å². The van der Waals surface area contributed by atoms with Crippen LogP contribution in [-0.4, -0.2) is 27.6 Å². The van der Waals surface area contributed by atoms with Crippen molar-refractivity contribution in [3.05, 3.63) is 0 Å². The summed E-state index contributed by atoms with van der Waals surface area (Å²) in [6.07, 6.45) is -1.00. The van der Waals surface area contributed by atoms with E-state index in [-0.39, 0.29) is 19.1 Å². The quantitative estimate of drug-likeness (QED) is 0.393. The maximum absolute atomic E-state index is 12.4. The molecule has 1 fully saturated rings. The number of hydrogen-bond acceptors (Lipinski definition) is 3. The summed E-state index contributed by atoms with van der Waals surface area (Å²) in [5.74, 6) is 0. The second-order valence-electron chi connectivity index (χ2n) is 2.91. The Kier molecular flexibility index (Phi) is 2.66. The molecule has 0 aromatic carbocycles. The molecule has 70 valence electrons. The summed E-state index contributed by atoms with van der Waals surface area (Å²) in [5, 5.41) is 0. The highest BCUT2D eigenvalue weighted by Gasteiger charge is 2.32. The lowest BCUT2D eigenvalue weighted by Gasteiger charge is -2.08. The second-order valence-corrected chi connectivity index (χ2v) is 5.55. The van der Waals surface area contributed by atoms with E-state index in [0.717, 1.165) is 6.55 Å². The molecule has 0 spiro atoms. The molecule has 1 aliphatic rings. The first-order valence-corrected chi connectivity index (χ1v) is 6.15. The third-order valence-corrected chi connectivity index (χ3v) is 2.72. The van der Waals surface area contributed by atoms with Gasteiger partial charge in [-0.1, -0.05) is 0 Å². The van der Waals surface area contributed by atoms with Gasteiger partial charge in [-0.3, -0.25) is 8.22 Å². The molecule has 0 amide bonds. The van der Waals surface area contributed by atoms with Gasteiger partial charge in [0.15, 0.2) is 0 Å². The minimum atomic E-state index is -3.99. The molecule has 0 bridgehead atoms. The predicted octanol–water partition coefficient (Wildman–Crippen LogP) is 1.92. The van der Waals surface area contributed by atoms with Crippen LogP contribution < -0.4 is 0 Å². The first-order chi connectivity index (χ1) is 5.47. The van der Waals surface area contributed by atoms with Crippen molar-refractivity contribution in [2.45, 2.75) is 25.1 Å². The van der Waals surface area contributed by atoms with Gasteiger partial charge in [-0.15, -0.1) is 0 Å². The van der Waals surface area contributed by atoms with Crippen LogP contribution >= 0.6 is 0 Å². The highest BCUT2D eigenvalue weighted by atomic mass is 28.4. The molecule has 1 aliphatic heterocycles. The van der Waals surface area contributed by atoms with Crippen LogP contribution in [0, 0.1) is 0 Å². The monoisotopic (exact) mass is 196 g/mol. The topological polar surface area (TPSA) is 35.5 Å². The second kappa shape index (κ2) is 3.38. The van der Waals surface area contributed by atoms with Gasteiger partial charge in [0.05, 0.1) is 0 Å². The molecule has 1 heterocycles. The SMILES string of the molecule is C[Si](F)(F)CCC1COC(=O)O1. The van der Waals surface area contributed by atoms with Crippen molar-refractivity contribution in [3.63, 3.8) is 0 Å². The summed E-state index contributed by atoms with van der Waals surface area (Å²) in [6, 6.07) is -0.145. The fourth-order valence-electron chi connectivity index (χ4n) is 0.922. The highest BCUT2D eigenvalue weighted by molar-refractivity contribution is 6.64. The minimum absolute atomic E-state index is 0.114. The number of carbonyl (C=O) groups is 1. The normalized spacial score (nSPS) is 23.6. The molecule has 0 aromatic rings. The molecule has 0 saturated carbocycles. The highest BCUT2D eigenvalue weighted by Crippen LogP contribution is 2.20. The first kappa shape index (κ1) is 9.44. The molecule has 0 N–H and O–H groups in total. The fraction of sp³-hybridized carbons (Fsp3) is 0.833. The van der Waals surface area contributed by atoms with Crippen LogP contribution in [0.3, 0.4) is 0 Å². The van der Waals surface area contributed by atoms with Gasteiger partial charge in [-0.2, -0.15) is 0 Å². The van der Waals surface area contributed by atoms with Crippen molar-refractivity contribution in [1.29, 1.82) is 0 Å². The number of rotatable bonds is 3. The third kappa shape index (κ3) is 3.16. The van der Waals surface area contributed by atoms with Gasteiger partial charge in [0, 0.05) is 6.04 Å². The molecule has 3 nitrogen and oxygen atoms in total. The zero-order chi connectivity index (χ0) is 9.19. The van der Waals surface area contributed by atoms with Crippen LogP contribution in [0.4, 0.5) is 13.0 Å². The molecule has 1 saturated heterocycles. The lowest BCUT2D eigenvalue weighted by molar-refractivity contribution is 0.117. The van der Waals surface area contributed by atoms with Crippen LogP contribution in [0.1, 0.15) is 6.42 Å². The Labute approximate surface area is 70.0 Å². The van der Waals surface area contributed by atoms with Gasteiger partial charge in [-0.25, -0.2) is 4.79 Å². The molecule has 1 rings (SSSR count). The summed E-state index contributed by atoms with van der Waals surface area (Å²) >= 11 is 0. The summed E-state index contributed by atoms with van der Waals surface area (Å²) in [6.45, 7) is 1.09. The predicted molar refractivity (Wildman–Crippen MR) is 39.5 cm³/mol. The molecule has 1 unspecified atom stereocenters. The zero-order valence-corrected chi connectivity index (χ0v) is 7.68. The van der Waals surface area contributed by atoms with Crippen molar-refractivity contribution in [1.82, 2.24) is 0 Å². The van der Waals surface area contributed by atoms with Crippen LogP contribution in [-0.2, 0) is 9.47 Å². The Bertz CT molecular complexity index is 180. The smallest absolute Gasteiger partial charge is 0.430 e. The molecule has 1 atom stereocenters. The Morgan fingerprint density at radius 1 is 1.67 bits per heavy atom. The summed E-state index contributed by atoms with van der Waals surface area (Å²) in [7, 11) is -3.99. The van der Waals surface area contributed by atoms with Gasteiger partial charge in [0.25, 0.3) is 0 Å². The number of cyclic esters (lactones) is 2. The van der Waals surface area contributed by atoms with Crippen LogP contribution in [0.25, 0.3) is 0 Å². The standard InChI is InChI=1S/C6H10F2O3Si/c1-12(7,8)3-2-5-4-10-6(9)11-5/h5H,2-4H2,1H3. The number of ether oxygens (including phenoxy) is 2. The minimum Gasteiger partial charge on any atom is -0.430 e. The summed E-state index contributed by atoms with van der Waals surface area (Å²) in [5.41, 5.74) is 0. The summed E-state index contributed by atoms with van der Waals surface area (Å²) in [4.78, 5) is 10.4. The molecular formula is C6H10F2O3Si. The first-order valence-electron chi connectivity index (χ1n) is 3.68. The maximum Gasteiger partial charge on any atom is 0.508 e. The van der Waals surface area contributed by atoms with E-state index in [0.29, 0.717) is 0 Å².